The van der Waals surface area contributed by atoms with E-state index in [1.54, 1.807) is 24.5 Å². The van der Waals surface area contributed by atoms with Crippen molar-refractivity contribution in [3.05, 3.63) is 54.1 Å². The number of guanidine groups is 1. The van der Waals surface area contributed by atoms with Gasteiger partial charge in [-0.2, -0.15) is 0 Å². The molecule has 1 saturated heterocycles. The number of benzene rings is 1. The summed E-state index contributed by atoms with van der Waals surface area (Å²) in [5.74, 6) is 1.45. The Labute approximate surface area is 172 Å². The van der Waals surface area contributed by atoms with Gasteiger partial charge in [-0.25, -0.2) is 14.4 Å². The minimum Gasteiger partial charge on any atom is -0.357 e. The van der Waals surface area contributed by atoms with E-state index in [-0.39, 0.29) is 11.9 Å². The fourth-order valence-corrected chi connectivity index (χ4v) is 3.45. The average molecular weight is 400 g/mol. The summed E-state index contributed by atoms with van der Waals surface area (Å²) in [4.78, 5) is 20.1. The predicted molar refractivity (Wildman–Crippen MR) is 115 cm³/mol. The van der Waals surface area contributed by atoms with E-state index in [2.05, 4.69) is 36.9 Å². The van der Waals surface area contributed by atoms with Gasteiger partial charge in [0.05, 0.1) is 12.6 Å². The third kappa shape index (κ3) is 5.63. The van der Waals surface area contributed by atoms with Crippen LogP contribution in [-0.2, 0) is 0 Å². The first-order chi connectivity index (χ1) is 14.1. The van der Waals surface area contributed by atoms with Crippen molar-refractivity contribution in [3.63, 3.8) is 0 Å². The first-order valence-corrected chi connectivity index (χ1v) is 10.1. The fourth-order valence-electron chi connectivity index (χ4n) is 3.45. The first kappa shape index (κ1) is 21.0. The van der Waals surface area contributed by atoms with Crippen molar-refractivity contribution < 1.29 is 4.39 Å². The number of anilines is 1. The Bertz CT molecular complexity index is 789. The molecule has 3 rings (SSSR count). The van der Waals surface area contributed by atoms with Gasteiger partial charge in [0.2, 0.25) is 5.95 Å². The Morgan fingerprint density at radius 3 is 2.52 bits per heavy atom. The summed E-state index contributed by atoms with van der Waals surface area (Å²) >= 11 is 0. The van der Waals surface area contributed by atoms with E-state index in [1.807, 2.05) is 26.2 Å². The Hall–Kier alpha value is -2.74. The van der Waals surface area contributed by atoms with Crippen molar-refractivity contribution in [1.82, 2.24) is 25.1 Å². The average Bonchev–Trinajstić information content (AvgIpc) is 2.74. The van der Waals surface area contributed by atoms with E-state index < -0.39 is 0 Å². The predicted octanol–water partition coefficient (Wildman–Crippen LogP) is 2.01. The number of aromatic nitrogens is 2. The Morgan fingerprint density at radius 2 is 1.90 bits per heavy atom. The van der Waals surface area contributed by atoms with Crippen LogP contribution in [0.15, 0.2) is 47.7 Å². The van der Waals surface area contributed by atoms with Crippen LogP contribution in [0.4, 0.5) is 10.3 Å². The molecule has 0 spiro atoms. The smallest absolute Gasteiger partial charge is 0.225 e. The van der Waals surface area contributed by atoms with E-state index >= 15 is 0 Å². The molecule has 1 aromatic heterocycles. The molecular weight excluding hydrogens is 369 g/mol. The van der Waals surface area contributed by atoms with Gasteiger partial charge in [-0.15, -0.1) is 0 Å². The second-order valence-corrected chi connectivity index (χ2v) is 7.25. The summed E-state index contributed by atoms with van der Waals surface area (Å²) in [6.07, 6.45) is 3.54. The maximum Gasteiger partial charge on any atom is 0.225 e. The quantitative estimate of drug-likeness (QED) is 0.592. The molecule has 156 valence electrons. The van der Waals surface area contributed by atoms with Crippen molar-refractivity contribution in [1.29, 1.82) is 0 Å². The number of nitrogens with one attached hydrogen (secondary N) is 1. The highest BCUT2D eigenvalue weighted by Gasteiger charge is 2.22. The van der Waals surface area contributed by atoms with Crippen LogP contribution in [0.1, 0.15) is 18.5 Å². The van der Waals surface area contributed by atoms with Crippen LogP contribution in [0, 0.1) is 5.82 Å². The van der Waals surface area contributed by atoms with Crippen LogP contribution in [0.5, 0.6) is 0 Å². The van der Waals surface area contributed by atoms with Crippen molar-refractivity contribution in [2.75, 3.05) is 58.3 Å². The molecule has 1 unspecified atom stereocenters. The van der Waals surface area contributed by atoms with Gasteiger partial charge in [0.1, 0.15) is 5.82 Å². The SMILES string of the molecule is CCNC(=NCC(c1cccc(F)c1)N(C)C)N1CCN(c2ncccn2)CC1. The normalized spacial score (nSPS) is 16.2. The van der Waals surface area contributed by atoms with Crippen LogP contribution >= 0.6 is 0 Å². The van der Waals surface area contributed by atoms with Gasteiger partial charge in [0.25, 0.3) is 0 Å². The van der Waals surface area contributed by atoms with E-state index in [0.717, 1.165) is 50.2 Å². The molecule has 0 saturated carbocycles. The van der Waals surface area contributed by atoms with E-state index in [0.29, 0.717) is 6.54 Å². The standard InChI is InChI=1S/C21H30FN7/c1-4-23-20(26-16-19(27(2)3)17-7-5-8-18(22)15-17)28-11-13-29(14-12-28)21-24-9-6-10-25-21/h5-10,15,19H,4,11-14,16H2,1-3H3,(H,23,26). The maximum absolute atomic E-state index is 13.7. The lowest BCUT2D eigenvalue weighted by atomic mass is 10.1. The Balaban J connectivity index is 1.68. The summed E-state index contributed by atoms with van der Waals surface area (Å²) < 4.78 is 13.7. The molecule has 8 heteroatoms. The largest absolute Gasteiger partial charge is 0.357 e. The van der Waals surface area contributed by atoms with Crippen molar-refractivity contribution >= 4 is 11.9 Å². The summed E-state index contributed by atoms with van der Waals surface area (Å²) in [7, 11) is 3.99. The highest BCUT2D eigenvalue weighted by molar-refractivity contribution is 5.80. The molecule has 0 radical (unpaired) electrons. The summed E-state index contributed by atoms with van der Waals surface area (Å²) in [5, 5.41) is 3.40. The molecule has 2 heterocycles. The highest BCUT2D eigenvalue weighted by Crippen LogP contribution is 2.20. The van der Waals surface area contributed by atoms with Crippen LogP contribution in [-0.4, -0.2) is 79.1 Å². The molecule has 1 atom stereocenters. The Morgan fingerprint density at radius 1 is 1.17 bits per heavy atom. The van der Waals surface area contributed by atoms with Gasteiger partial charge in [-0.3, -0.25) is 4.99 Å². The monoisotopic (exact) mass is 399 g/mol. The molecule has 1 fully saturated rings. The lowest BCUT2D eigenvalue weighted by molar-refractivity contribution is 0.302. The number of rotatable bonds is 6. The zero-order valence-corrected chi connectivity index (χ0v) is 17.4. The van der Waals surface area contributed by atoms with Gasteiger partial charge in [-0.05, 0) is 44.8 Å². The van der Waals surface area contributed by atoms with E-state index in [9.17, 15) is 4.39 Å². The van der Waals surface area contributed by atoms with Gasteiger partial charge in [0, 0.05) is 45.1 Å². The molecule has 1 aliphatic heterocycles. The zero-order valence-electron chi connectivity index (χ0n) is 17.4. The number of hydrogen-bond acceptors (Lipinski definition) is 5. The number of halogens is 1. The molecule has 2 aromatic rings. The zero-order chi connectivity index (χ0) is 20.6. The molecule has 1 aromatic carbocycles. The molecule has 0 amide bonds. The molecule has 1 N–H and O–H groups in total. The molecule has 7 nitrogen and oxygen atoms in total. The second kappa shape index (κ2) is 10.2. The third-order valence-electron chi connectivity index (χ3n) is 5.02. The topological polar surface area (TPSA) is 59.9 Å². The maximum atomic E-state index is 13.7. The van der Waals surface area contributed by atoms with Crippen molar-refractivity contribution in [2.24, 2.45) is 4.99 Å². The second-order valence-electron chi connectivity index (χ2n) is 7.25. The molecule has 0 bridgehead atoms. The number of likely N-dealkylation sites (N-methyl/N-ethyl adjacent to an activating group) is 1. The first-order valence-electron chi connectivity index (χ1n) is 10.1. The minimum absolute atomic E-state index is 0.0124. The number of aliphatic imine (C=N–C) groups is 1. The van der Waals surface area contributed by atoms with Gasteiger partial charge in [-0.1, -0.05) is 12.1 Å². The summed E-state index contributed by atoms with van der Waals surface area (Å²) in [5.41, 5.74) is 0.931. The number of hydrogen-bond donors (Lipinski definition) is 1. The van der Waals surface area contributed by atoms with Crippen LogP contribution in [0.3, 0.4) is 0 Å². The van der Waals surface area contributed by atoms with Gasteiger partial charge >= 0.3 is 0 Å². The Kier molecular flexibility index (Phi) is 7.35. The molecule has 29 heavy (non-hydrogen) atoms. The van der Waals surface area contributed by atoms with Crippen molar-refractivity contribution in [2.45, 2.75) is 13.0 Å². The van der Waals surface area contributed by atoms with Gasteiger partial charge < -0.3 is 20.0 Å². The van der Waals surface area contributed by atoms with E-state index in [4.69, 9.17) is 4.99 Å². The summed E-state index contributed by atoms with van der Waals surface area (Å²) in [6, 6.07) is 8.61. The van der Waals surface area contributed by atoms with Gasteiger partial charge in [0.15, 0.2) is 5.96 Å². The lowest BCUT2D eigenvalue weighted by Gasteiger charge is -2.36. The lowest BCUT2D eigenvalue weighted by Crippen LogP contribution is -2.53. The fraction of sp³-hybridized carbons (Fsp3) is 0.476. The molecule has 0 aliphatic carbocycles. The third-order valence-corrected chi connectivity index (χ3v) is 5.02. The van der Waals surface area contributed by atoms with Crippen molar-refractivity contribution in [3.8, 4) is 0 Å². The molecular formula is C21H30FN7. The van der Waals surface area contributed by atoms with Crippen LogP contribution in [0.25, 0.3) is 0 Å². The van der Waals surface area contributed by atoms with Crippen LogP contribution < -0.4 is 10.2 Å². The highest BCUT2D eigenvalue weighted by atomic mass is 19.1. The number of piperazine rings is 1. The van der Waals surface area contributed by atoms with E-state index in [1.165, 1.54) is 6.07 Å². The summed E-state index contributed by atoms with van der Waals surface area (Å²) in [6.45, 7) is 6.80. The van der Waals surface area contributed by atoms with Crippen LogP contribution in [0.2, 0.25) is 0 Å². The molecule has 1 aliphatic rings. The minimum atomic E-state index is -0.218. The number of nitrogens with zero attached hydrogens (tertiary/aromatic N) is 6.